The quantitative estimate of drug-likeness (QED) is 0.183. The number of hydrogen-bond donors (Lipinski definition) is 2. The summed E-state index contributed by atoms with van der Waals surface area (Å²) >= 11 is 0. The summed E-state index contributed by atoms with van der Waals surface area (Å²) in [6.45, 7) is 20.1. The predicted molar refractivity (Wildman–Crippen MR) is 184 cm³/mol. The summed E-state index contributed by atoms with van der Waals surface area (Å²) in [6.07, 6.45) is 11.4. The van der Waals surface area contributed by atoms with Crippen molar-refractivity contribution in [2.75, 3.05) is 32.7 Å². The molecule has 4 rings (SSSR count). The van der Waals surface area contributed by atoms with E-state index in [2.05, 4.69) is 99.9 Å². The van der Waals surface area contributed by atoms with Crippen LogP contribution in [0.1, 0.15) is 63.8 Å². The Morgan fingerprint density at radius 3 is 1.93 bits per heavy atom. The first-order valence-corrected chi connectivity index (χ1v) is 15.8. The van der Waals surface area contributed by atoms with Gasteiger partial charge in [-0.25, -0.2) is 9.59 Å². The monoisotopic (exact) mass is 611 g/mol. The molecular weight excluding hydrogens is 562 g/mol. The summed E-state index contributed by atoms with van der Waals surface area (Å²) in [5.74, 6) is -2.51. The summed E-state index contributed by atoms with van der Waals surface area (Å²) in [7, 11) is 0. The Hall–Kier alpha value is -4.07. The molecule has 1 aromatic heterocycles. The Bertz CT molecular complexity index is 1460. The van der Waals surface area contributed by atoms with E-state index in [1.54, 1.807) is 0 Å². The molecule has 2 N–H and O–H groups in total. The van der Waals surface area contributed by atoms with Gasteiger partial charge in [-0.3, -0.25) is 9.88 Å². The van der Waals surface area contributed by atoms with Crippen molar-refractivity contribution in [3.63, 3.8) is 0 Å². The third-order valence-corrected chi connectivity index (χ3v) is 8.61. The lowest BCUT2D eigenvalue weighted by Crippen LogP contribution is -2.31. The van der Waals surface area contributed by atoms with Gasteiger partial charge in [0.05, 0.1) is 5.69 Å². The SMILES string of the molecule is Cc1cc(/C=C/CCCN2CCCN(Cc3ccnc(-c4cc(C)c(C)c(C)c4)c3)CC2)cc(C)c1C.O=C(O)/C=C/C(=O)O. The predicted octanol–water partition coefficient (Wildman–Crippen LogP) is 7.31. The average Bonchev–Trinajstić information content (AvgIpc) is 3.22. The van der Waals surface area contributed by atoms with Crippen molar-refractivity contribution in [1.29, 1.82) is 0 Å². The zero-order valence-corrected chi connectivity index (χ0v) is 27.8. The number of aryl methyl sites for hydroxylation is 4. The van der Waals surface area contributed by atoms with Crippen molar-refractivity contribution in [1.82, 2.24) is 14.8 Å². The molecule has 1 aliphatic rings. The largest absolute Gasteiger partial charge is 0.478 e. The van der Waals surface area contributed by atoms with Crippen molar-refractivity contribution < 1.29 is 19.8 Å². The van der Waals surface area contributed by atoms with Gasteiger partial charge in [-0.15, -0.1) is 0 Å². The van der Waals surface area contributed by atoms with Gasteiger partial charge >= 0.3 is 11.9 Å². The molecule has 0 saturated carbocycles. The second kappa shape index (κ2) is 17.4. The number of aromatic nitrogens is 1. The number of hydrogen-bond acceptors (Lipinski definition) is 5. The molecule has 3 aromatic rings. The summed E-state index contributed by atoms with van der Waals surface area (Å²) in [6, 6.07) is 13.6. The van der Waals surface area contributed by atoms with Gasteiger partial charge in [0.25, 0.3) is 0 Å². The van der Waals surface area contributed by atoms with Crippen LogP contribution in [0.3, 0.4) is 0 Å². The van der Waals surface area contributed by atoms with E-state index in [-0.39, 0.29) is 0 Å². The van der Waals surface area contributed by atoms with Gasteiger partial charge in [0.2, 0.25) is 0 Å². The first-order valence-electron chi connectivity index (χ1n) is 15.8. The van der Waals surface area contributed by atoms with Crippen LogP contribution in [0.25, 0.3) is 17.3 Å². The van der Waals surface area contributed by atoms with Crippen molar-refractivity contribution in [3.05, 3.63) is 105 Å². The van der Waals surface area contributed by atoms with Crippen molar-refractivity contribution in [3.8, 4) is 11.3 Å². The number of aliphatic carboxylic acids is 2. The maximum absolute atomic E-state index is 9.55. The molecule has 240 valence electrons. The third kappa shape index (κ3) is 11.7. The molecule has 7 nitrogen and oxygen atoms in total. The molecule has 0 atom stereocenters. The third-order valence-electron chi connectivity index (χ3n) is 8.61. The van der Waals surface area contributed by atoms with Crippen LogP contribution in [-0.2, 0) is 16.1 Å². The zero-order valence-electron chi connectivity index (χ0n) is 27.8. The Labute approximate surface area is 268 Å². The Balaban J connectivity index is 0.000000610. The van der Waals surface area contributed by atoms with Crippen LogP contribution in [0, 0.1) is 41.5 Å². The molecule has 0 amide bonds. The number of allylic oxidation sites excluding steroid dienone is 1. The number of carboxylic acids is 2. The molecule has 2 aromatic carbocycles. The fourth-order valence-corrected chi connectivity index (χ4v) is 5.54. The highest BCUT2D eigenvalue weighted by Gasteiger charge is 2.15. The number of benzene rings is 2. The number of carboxylic acid groups (broad SMARTS) is 2. The molecule has 0 radical (unpaired) electrons. The fraction of sp³-hybridized carbons (Fsp3) is 0.395. The lowest BCUT2D eigenvalue weighted by molar-refractivity contribution is -0.134. The Kier molecular flexibility index (Phi) is 13.7. The van der Waals surface area contributed by atoms with Crippen molar-refractivity contribution in [2.45, 2.75) is 67.3 Å². The summed E-state index contributed by atoms with van der Waals surface area (Å²) in [5.41, 5.74) is 13.2. The number of nitrogens with zero attached hydrogens (tertiary/aromatic N) is 3. The molecule has 0 bridgehead atoms. The van der Waals surface area contributed by atoms with E-state index in [1.807, 2.05) is 6.20 Å². The minimum Gasteiger partial charge on any atom is -0.478 e. The molecule has 0 spiro atoms. The molecule has 7 heteroatoms. The van der Waals surface area contributed by atoms with E-state index >= 15 is 0 Å². The maximum atomic E-state index is 9.55. The minimum absolute atomic E-state index is 0.558. The van der Waals surface area contributed by atoms with E-state index in [0.29, 0.717) is 12.2 Å². The number of unbranched alkanes of at least 4 members (excludes halogenated alkanes) is 1. The molecule has 45 heavy (non-hydrogen) atoms. The zero-order chi connectivity index (χ0) is 32.9. The lowest BCUT2D eigenvalue weighted by atomic mass is 9.98. The van der Waals surface area contributed by atoms with Crippen molar-refractivity contribution in [2.24, 2.45) is 0 Å². The van der Waals surface area contributed by atoms with E-state index in [4.69, 9.17) is 15.2 Å². The lowest BCUT2D eigenvalue weighted by Gasteiger charge is -2.22. The summed E-state index contributed by atoms with van der Waals surface area (Å²) in [5, 5.41) is 15.6. The highest BCUT2D eigenvalue weighted by Crippen LogP contribution is 2.24. The highest BCUT2D eigenvalue weighted by atomic mass is 16.4. The van der Waals surface area contributed by atoms with Gasteiger partial charge in [-0.05, 0) is 149 Å². The van der Waals surface area contributed by atoms with E-state index in [1.165, 1.54) is 82.5 Å². The topological polar surface area (TPSA) is 94.0 Å². The normalized spacial score (nSPS) is 14.4. The van der Waals surface area contributed by atoms with Crippen LogP contribution in [0.4, 0.5) is 0 Å². The number of rotatable bonds is 10. The second-order valence-electron chi connectivity index (χ2n) is 12.1. The second-order valence-corrected chi connectivity index (χ2v) is 12.1. The van der Waals surface area contributed by atoms with Crippen LogP contribution in [-0.4, -0.2) is 69.7 Å². The molecule has 2 heterocycles. The molecule has 0 aliphatic carbocycles. The first-order chi connectivity index (χ1) is 21.4. The van der Waals surface area contributed by atoms with Crippen molar-refractivity contribution >= 4 is 18.0 Å². The van der Waals surface area contributed by atoms with Gasteiger partial charge in [-0.2, -0.15) is 0 Å². The molecule has 1 aliphatic heterocycles. The summed E-state index contributed by atoms with van der Waals surface area (Å²) < 4.78 is 0. The minimum atomic E-state index is -1.26. The first kappa shape index (κ1) is 35.4. The van der Waals surface area contributed by atoms with E-state index in [9.17, 15) is 9.59 Å². The smallest absolute Gasteiger partial charge is 0.328 e. The molecular formula is C38H49N3O4. The van der Waals surface area contributed by atoms with Gasteiger partial charge < -0.3 is 15.1 Å². The van der Waals surface area contributed by atoms with E-state index < -0.39 is 11.9 Å². The van der Waals surface area contributed by atoms with Gasteiger partial charge in [0.15, 0.2) is 0 Å². The Morgan fingerprint density at radius 1 is 0.778 bits per heavy atom. The van der Waals surface area contributed by atoms with Crippen LogP contribution in [0.5, 0.6) is 0 Å². The van der Waals surface area contributed by atoms with E-state index in [0.717, 1.165) is 31.7 Å². The average molecular weight is 612 g/mol. The number of carbonyl (C=O) groups is 2. The fourth-order valence-electron chi connectivity index (χ4n) is 5.54. The Morgan fingerprint density at radius 2 is 1.33 bits per heavy atom. The van der Waals surface area contributed by atoms with Gasteiger partial charge in [0.1, 0.15) is 0 Å². The maximum Gasteiger partial charge on any atom is 0.328 e. The molecule has 1 saturated heterocycles. The van der Waals surface area contributed by atoms with Crippen LogP contribution in [0.15, 0.2) is 60.8 Å². The molecule has 0 unspecified atom stereocenters. The number of pyridine rings is 1. The van der Waals surface area contributed by atoms with Gasteiger partial charge in [0, 0.05) is 43.5 Å². The molecule has 1 fully saturated rings. The van der Waals surface area contributed by atoms with Gasteiger partial charge in [-0.1, -0.05) is 24.3 Å². The standard InChI is InChI=1S/C34H45N3.C4H4O4/c1-25-19-31(20-26(2)29(25)5)11-8-7-9-14-36-15-10-16-37(18-17-36)24-32-12-13-35-34(23-32)33-21-27(3)30(6)28(4)22-33;5-3(6)1-2-4(7)8/h8,11-13,19-23H,7,9-10,14-18,24H2,1-6H3;1-2H,(H,5,6)(H,7,8)/b11-8+;2-1+. The van der Waals surface area contributed by atoms with Crippen LogP contribution in [0.2, 0.25) is 0 Å². The van der Waals surface area contributed by atoms with Crippen LogP contribution >= 0.6 is 0 Å². The highest BCUT2D eigenvalue weighted by molar-refractivity contribution is 5.89. The van der Waals surface area contributed by atoms with Crippen LogP contribution < -0.4 is 0 Å². The summed E-state index contributed by atoms with van der Waals surface area (Å²) in [4.78, 5) is 29.1.